The summed E-state index contributed by atoms with van der Waals surface area (Å²) >= 11 is 9.34. The first-order valence-electron chi connectivity index (χ1n) is 10.4. The average molecular weight is 489 g/mol. The topological polar surface area (TPSA) is 72.6 Å². The number of likely N-dealkylation sites (tertiary alicyclic amines) is 1. The number of aryl methyl sites for hydroxylation is 1. The molecule has 2 aliphatic rings. The minimum Gasteiger partial charge on any atom is -0.497 e. The zero-order valence-corrected chi connectivity index (χ0v) is 20.4. The molecule has 168 valence electrons. The molecule has 3 heterocycles. The third-order valence-electron chi connectivity index (χ3n) is 6.09. The van der Waals surface area contributed by atoms with E-state index in [1.807, 2.05) is 31.2 Å². The number of nitrogen functional groups attached to an aromatic ring is 1. The van der Waals surface area contributed by atoms with Crippen molar-refractivity contribution in [3.05, 3.63) is 52.5 Å². The molecule has 1 spiro atoms. The van der Waals surface area contributed by atoms with Crippen LogP contribution in [-0.4, -0.2) is 42.0 Å². The summed E-state index contributed by atoms with van der Waals surface area (Å²) in [6.07, 6.45) is 3.21. The number of hydrogen-bond donors (Lipinski definition) is 1. The second kappa shape index (κ2) is 9.33. The van der Waals surface area contributed by atoms with Crippen molar-refractivity contribution < 1.29 is 14.3 Å². The minimum absolute atomic E-state index is 0.0303. The molecule has 1 aromatic heterocycles. The van der Waals surface area contributed by atoms with Gasteiger partial charge in [-0.1, -0.05) is 11.6 Å². The van der Waals surface area contributed by atoms with Crippen LogP contribution >= 0.6 is 34.7 Å². The highest BCUT2D eigenvalue weighted by atomic mass is 35.5. The number of thioether (sulfide) groups is 1. The number of hydrogen-bond acceptors (Lipinski definition) is 6. The number of fused-ring (bicyclic) bond motifs is 2. The molecule has 1 fully saturated rings. The molecular formula is C24H25ClN2O3S2. The Hall–Kier alpha value is -2.22. The largest absolute Gasteiger partial charge is 0.497 e. The van der Waals surface area contributed by atoms with Crippen LogP contribution in [0.1, 0.15) is 35.2 Å². The van der Waals surface area contributed by atoms with Crippen LogP contribution in [0.3, 0.4) is 0 Å². The minimum atomic E-state index is -0.0303. The lowest BCUT2D eigenvalue weighted by Gasteiger charge is -2.42. The van der Waals surface area contributed by atoms with Gasteiger partial charge in [-0.2, -0.15) is 0 Å². The number of nitrogens with zero attached hydrogens (tertiary/aromatic N) is 1. The zero-order chi connectivity index (χ0) is 22.9. The van der Waals surface area contributed by atoms with E-state index in [2.05, 4.69) is 6.07 Å². The van der Waals surface area contributed by atoms with Crippen LogP contribution in [0.2, 0.25) is 5.02 Å². The summed E-state index contributed by atoms with van der Waals surface area (Å²) in [4.78, 5) is 25.9. The third kappa shape index (κ3) is 4.60. The maximum Gasteiger partial charge on any atom is 0.209 e. The Morgan fingerprint density at radius 1 is 1.19 bits per heavy atom. The molecule has 0 bridgehead atoms. The Morgan fingerprint density at radius 3 is 2.62 bits per heavy atom. The number of methoxy groups -OCH3 is 1. The van der Waals surface area contributed by atoms with Crippen molar-refractivity contribution in [1.29, 1.82) is 0 Å². The van der Waals surface area contributed by atoms with Crippen molar-refractivity contribution >= 4 is 62.0 Å². The maximum absolute atomic E-state index is 12.3. The summed E-state index contributed by atoms with van der Waals surface area (Å²) in [7, 11) is 1.67. The molecule has 1 amide bonds. The van der Waals surface area contributed by atoms with Crippen LogP contribution in [-0.2, 0) is 4.79 Å². The van der Waals surface area contributed by atoms with Gasteiger partial charge in [0.1, 0.15) is 5.75 Å². The van der Waals surface area contributed by atoms with Crippen molar-refractivity contribution in [1.82, 2.24) is 4.90 Å². The van der Waals surface area contributed by atoms with Gasteiger partial charge in [0.25, 0.3) is 0 Å². The van der Waals surface area contributed by atoms with E-state index in [0.29, 0.717) is 11.4 Å². The number of piperidine rings is 1. The first-order chi connectivity index (χ1) is 15.3. The first kappa shape index (κ1) is 23.0. The van der Waals surface area contributed by atoms with E-state index < -0.39 is 0 Å². The summed E-state index contributed by atoms with van der Waals surface area (Å²) in [6, 6.07) is 11.6. The van der Waals surface area contributed by atoms with Gasteiger partial charge in [-0.05, 0) is 67.1 Å². The van der Waals surface area contributed by atoms with Crippen LogP contribution in [0.4, 0.5) is 5.00 Å². The van der Waals surface area contributed by atoms with E-state index in [1.54, 1.807) is 41.2 Å². The molecular weight excluding hydrogens is 464 g/mol. The second-order valence-corrected chi connectivity index (χ2v) is 11.2. The second-order valence-electron chi connectivity index (χ2n) is 8.12. The average Bonchev–Trinajstić information content (AvgIpc) is 3.08. The predicted octanol–water partition coefficient (Wildman–Crippen LogP) is 5.81. The summed E-state index contributed by atoms with van der Waals surface area (Å²) in [5.74, 6) is 1.06. The van der Waals surface area contributed by atoms with E-state index in [9.17, 15) is 9.59 Å². The molecule has 1 saturated heterocycles. The van der Waals surface area contributed by atoms with Crippen molar-refractivity contribution in [2.24, 2.45) is 0 Å². The van der Waals surface area contributed by atoms with Gasteiger partial charge < -0.3 is 15.4 Å². The number of carbonyl (C=O) groups excluding carboxylic acids is 2. The van der Waals surface area contributed by atoms with Gasteiger partial charge in [0.2, 0.25) is 6.41 Å². The molecule has 0 atom stereocenters. The summed E-state index contributed by atoms with van der Waals surface area (Å²) in [5, 5.41) is 2.73. The molecule has 0 saturated carbocycles. The van der Waals surface area contributed by atoms with Crippen molar-refractivity contribution in [3.8, 4) is 5.75 Å². The van der Waals surface area contributed by atoms with Gasteiger partial charge in [-0.15, -0.1) is 23.1 Å². The highest BCUT2D eigenvalue weighted by Gasteiger charge is 2.41. The lowest BCUT2D eigenvalue weighted by atomic mass is 9.88. The number of ketones is 1. The molecule has 0 aliphatic carbocycles. The number of carbonyl (C=O) groups is 2. The van der Waals surface area contributed by atoms with Crippen molar-refractivity contribution in [3.63, 3.8) is 0 Å². The van der Waals surface area contributed by atoms with Crippen LogP contribution in [0.25, 0.3) is 10.1 Å². The highest BCUT2D eigenvalue weighted by Crippen LogP contribution is 2.49. The molecule has 32 heavy (non-hydrogen) atoms. The summed E-state index contributed by atoms with van der Waals surface area (Å²) in [6.45, 7) is 3.53. The molecule has 0 unspecified atom stereocenters. The monoisotopic (exact) mass is 488 g/mol. The van der Waals surface area contributed by atoms with Gasteiger partial charge in [-0.25, -0.2) is 0 Å². The van der Waals surface area contributed by atoms with Crippen LogP contribution < -0.4 is 10.5 Å². The third-order valence-corrected chi connectivity index (χ3v) is 8.97. The number of nitrogens with two attached hydrogens (primary N) is 1. The Morgan fingerprint density at radius 2 is 1.94 bits per heavy atom. The Balaban J connectivity index is 0.000000165. The summed E-state index contributed by atoms with van der Waals surface area (Å²) < 4.78 is 6.30. The van der Waals surface area contributed by atoms with E-state index in [1.165, 1.54) is 15.6 Å². The quantitative estimate of drug-likeness (QED) is 0.461. The number of ether oxygens (including phenoxy) is 1. The predicted molar refractivity (Wildman–Crippen MR) is 133 cm³/mol. The summed E-state index contributed by atoms with van der Waals surface area (Å²) in [5.41, 5.74) is 7.74. The fraction of sp³-hybridized carbons (Fsp3) is 0.333. The van der Waals surface area contributed by atoms with Gasteiger partial charge in [0.05, 0.1) is 12.1 Å². The van der Waals surface area contributed by atoms with E-state index in [0.717, 1.165) is 53.6 Å². The fourth-order valence-electron chi connectivity index (χ4n) is 4.13. The number of thiophene rings is 1. The Kier molecular flexibility index (Phi) is 6.70. The number of halogens is 1. The van der Waals surface area contributed by atoms with E-state index >= 15 is 0 Å². The van der Waals surface area contributed by atoms with E-state index in [-0.39, 0.29) is 10.5 Å². The molecule has 2 N–H and O–H groups in total. The number of anilines is 1. The molecule has 0 radical (unpaired) electrons. The van der Waals surface area contributed by atoms with Crippen molar-refractivity contribution in [2.45, 2.75) is 35.8 Å². The lowest BCUT2D eigenvalue weighted by Crippen LogP contribution is -2.44. The van der Waals surface area contributed by atoms with Gasteiger partial charge in [-0.3, -0.25) is 9.59 Å². The van der Waals surface area contributed by atoms with Crippen LogP contribution in [0.15, 0.2) is 41.3 Å². The van der Waals surface area contributed by atoms with E-state index in [4.69, 9.17) is 22.1 Å². The number of benzene rings is 2. The molecule has 5 nitrogen and oxygen atoms in total. The van der Waals surface area contributed by atoms with Crippen LogP contribution in [0, 0.1) is 6.92 Å². The first-order valence-corrected chi connectivity index (χ1v) is 12.4. The molecule has 2 aliphatic heterocycles. The number of amides is 1. The highest BCUT2D eigenvalue weighted by molar-refractivity contribution is 8.01. The Labute approximate surface area is 200 Å². The smallest absolute Gasteiger partial charge is 0.209 e. The SMILES string of the molecule is COc1ccc2c(C)c(N)sc2c1.O=CN1CCC2(CC1)CC(=O)c1cc(Cl)ccc1S2. The van der Waals surface area contributed by atoms with Crippen LogP contribution in [0.5, 0.6) is 5.75 Å². The normalized spacial score (nSPS) is 17.0. The van der Waals surface area contributed by atoms with Gasteiger partial charge in [0, 0.05) is 44.4 Å². The number of rotatable bonds is 2. The fourth-order valence-corrected chi connectivity index (χ4v) is 6.79. The molecule has 2 aromatic carbocycles. The maximum atomic E-state index is 12.3. The zero-order valence-electron chi connectivity index (χ0n) is 18.0. The Bertz CT molecular complexity index is 1170. The van der Waals surface area contributed by atoms with Crippen molar-refractivity contribution in [2.75, 3.05) is 25.9 Å². The molecule has 3 aromatic rings. The standard InChI is InChI=1S/C14H14ClNO2S.C10H11NOS/c15-10-1-2-13-11(7-10)12(18)8-14(19-13)3-5-16(9-17)6-4-14;1-6-8-4-3-7(12-2)5-9(8)13-10(6)11/h1-2,7,9H,3-6,8H2;3-5H,11H2,1-2H3. The molecule has 5 rings (SSSR count). The number of Topliss-reactive ketones (excluding diaryl/α,β-unsaturated/α-hetero) is 1. The van der Waals surface area contributed by atoms with Gasteiger partial charge >= 0.3 is 0 Å². The molecule has 8 heteroatoms. The van der Waals surface area contributed by atoms with Gasteiger partial charge in [0.15, 0.2) is 5.78 Å². The lowest BCUT2D eigenvalue weighted by molar-refractivity contribution is -0.119.